The van der Waals surface area contributed by atoms with Crippen LogP contribution in [-0.2, 0) is 16.6 Å². The molecular weight excluding hydrogens is 272 g/mol. The molecule has 1 heterocycles. The summed E-state index contributed by atoms with van der Waals surface area (Å²) in [6, 6.07) is 1.62. The van der Waals surface area contributed by atoms with Gasteiger partial charge in [-0.3, -0.25) is 0 Å². The minimum absolute atomic E-state index is 0.236. The molecule has 1 aromatic rings. The highest BCUT2D eigenvalue weighted by atomic mass is 32.2. The van der Waals surface area contributed by atoms with Crippen molar-refractivity contribution in [3.05, 3.63) is 21.9 Å². The van der Waals surface area contributed by atoms with E-state index in [-0.39, 0.29) is 13.2 Å². The van der Waals surface area contributed by atoms with Gasteiger partial charge in [-0.25, -0.2) is 13.1 Å². The molecule has 0 saturated heterocycles. The third-order valence-electron chi connectivity index (χ3n) is 1.72. The second-order valence-corrected chi connectivity index (χ2v) is 5.58. The van der Waals surface area contributed by atoms with Crippen LogP contribution in [0, 0.1) is 11.8 Å². The Morgan fingerprint density at radius 1 is 1.53 bits per heavy atom. The van der Waals surface area contributed by atoms with Gasteiger partial charge in [0.05, 0.1) is 0 Å². The van der Waals surface area contributed by atoms with Gasteiger partial charge in [0.1, 0.15) is 6.61 Å². The van der Waals surface area contributed by atoms with Crippen molar-refractivity contribution in [3.8, 4) is 11.8 Å². The summed E-state index contributed by atoms with van der Waals surface area (Å²) in [7, 11) is -4.59. The second-order valence-electron chi connectivity index (χ2n) is 2.84. The number of alkyl halides is 2. The number of halogens is 2. The highest BCUT2D eigenvalue weighted by Gasteiger charge is 2.23. The van der Waals surface area contributed by atoms with Crippen LogP contribution in [0.25, 0.3) is 0 Å². The summed E-state index contributed by atoms with van der Waals surface area (Å²) >= 11 is 1.20. The summed E-state index contributed by atoms with van der Waals surface area (Å²) in [5.74, 6) is 1.54. The summed E-state index contributed by atoms with van der Waals surface area (Å²) in [6.45, 7) is -0.558. The molecule has 0 aliphatic carbocycles. The summed E-state index contributed by atoms with van der Waals surface area (Å²) < 4.78 is 47.5. The average Bonchev–Trinajstić information content (AvgIpc) is 2.71. The van der Waals surface area contributed by atoms with Crippen LogP contribution >= 0.6 is 11.3 Å². The molecule has 8 heteroatoms. The average molecular weight is 281 g/mol. The van der Waals surface area contributed by atoms with E-state index in [4.69, 9.17) is 5.11 Å². The van der Waals surface area contributed by atoms with Gasteiger partial charge in [0, 0.05) is 17.0 Å². The zero-order valence-corrected chi connectivity index (χ0v) is 10.1. The lowest BCUT2D eigenvalue weighted by molar-refractivity contribution is 0.232. The molecule has 1 rings (SSSR count). The van der Waals surface area contributed by atoms with Crippen molar-refractivity contribution in [1.82, 2.24) is 4.72 Å². The Morgan fingerprint density at radius 3 is 2.82 bits per heavy atom. The number of hydrogen-bond donors (Lipinski definition) is 2. The van der Waals surface area contributed by atoms with E-state index in [2.05, 4.69) is 11.8 Å². The van der Waals surface area contributed by atoms with Gasteiger partial charge in [0.25, 0.3) is 10.0 Å². The van der Waals surface area contributed by atoms with Crippen molar-refractivity contribution >= 4 is 21.4 Å². The first-order chi connectivity index (χ1) is 7.97. The van der Waals surface area contributed by atoms with Gasteiger partial charge in [-0.1, -0.05) is 11.8 Å². The van der Waals surface area contributed by atoms with Gasteiger partial charge < -0.3 is 5.11 Å². The van der Waals surface area contributed by atoms with E-state index in [0.29, 0.717) is 10.4 Å². The summed E-state index contributed by atoms with van der Waals surface area (Å²) in [5, 5.41) is 10.2. The maximum atomic E-state index is 12.0. The van der Waals surface area contributed by atoms with E-state index in [1.165, 1.54) is 11.3 Å². The van der Waals surface area contributed by atoms with Gasteiger partial charge in [-0.2, -0.15) is 8.78 Å². The van der Waals surface area contributed by atoms with Crippen molar-refractivity contribution in [1.29, 1.82) is 0 Å². The molecule has 0 bridgehead atoms. The van der Waals surface area contributed by atoms with Crippen LogP contribution in [0.5, 0.6) is 0 Å². The Morgan fingerprint density at radius 2 is 2.24 bits per heavy atom. The zero-order chi connectivity index (χ0) is 12.9. The molecule has 17 heavy (non-hydrogen) atoms. The highest BCUT2D eigenvalue weighted by molar-refractivity contribution is 7.89. The third kappa shape index (κ3) is 4.05. The number of sulfonamides is 1. The predicted molar refractivity (Wildman–Crippen MR) is 60.0 cm³/mol. The van der Waals surface area contributed by atoms with E-state index >= 15 is 0 Å². The molecule has 0 fully saturated rings. The minimum Gasteiger partial charge on any atom is -0.384 e. The number of rotatable bonds is 4. The molecule has 0 saturated carbocycles. The first kappa shape index (κ1) is 14.1. The Hall–Kier alpha value is -1.01. The van der Waals surface area contributed by atoms with Crippen LogP contribution in [0.15, 0.2) is 11.4 Å². The lowest BCUT2D eigenvalue weighted by Gasteiger charge is -2.04. The predicted octanol–water partition coefficient (Wildman–Crippen LogP) is 0.734. The maximum Gasteiger partial charge on any atom is 0.350 e. The lowest BCUT2D eigenvalue weighted by atomic mass is 10.2. The molecule has 94 valence electrons. The van der Waals surface area contributed by atoms with E-state index in [1.807, 2.05) is 0 Å². The molecule has 0 aromatic carbocycles. The topological polar surface area (TPSA) is 66.4 Å². The fourth-order valence-electron chi connectivity index (χ4n) is 0.953. The quantitative estimate of drug-likeness (QED) is 0.800. The molecule has 1 aromatic heterocycles. The molecule has 0 amide bonds. The van der Waals surface area contributed by atoms with Gasteiger partial charge in [-0.05, 0) is 11.4 Å². The number of hydrogen-bond acceptors (Lipinski definition) is 4. The smallest absolute Gasteiger partial charge is 0.350 e. The Kier molecular flexibility index (Phi) is 5.02. The molecule has 0 unspecified atom stereocenters. The van der Waals surface area contributed by atoms with Gasteiger partial charge >= 0.3 is 5.76 Å². The molecular formula is C9H9F2NO3S2. The van der Waals surface area contributed by atoms with Crippen LogP contribution in [0.4, 0.5) is 8.78 Å². The summed E-state index contributed by atoms with van der Waals surface area (Å²) in [6.07, 6.45) is 0. The molecule has 0 aliphatic heterocycles. The Bertz CT molecular complexity index is 528. The highest BCUT2D eigenvalue weighted by Crippen LogP contribution is 2.16. The van der Waals surface area contributed by atoms with Crippen molar-refractivity contribution < 1.29 is 22.3 Å². The van der Waals surface area contributed by atoms with E-state index < -0.39 is 15.8 Å². The SMILES string of the molecule is O=S(=O)(NCc1sccc1C#CCO)C(F)F. The number of aliphatic hydroxyl groups excluding tert-OH is 1. The largest absolute Gasteiger partial charge is 0.384 e. The molecule has 2 N–H and O–H groups in total. The lowest BCUT2D eigenvalue weighted by Crippen LogP contribution is -2.28. The Labute approximate surface area is 101 Å². The summed E-state index contributed by atoms with van der Waals surface area (Å²) in [4.78, 5) is 0.523. The molecule has 4 nitrogen and oxygen atoms in total. The van der Waals surface area contributed by atoms with Crippen molar-refractivity contribution in [3.63, 3.8) is 0 Å². The number of thiophene rings is 1. The standard InChI is InChI=1S/C9H9F2NO3S2/c10-9(11)17(14,15)12-6-8-7(2-1-4-13)3-5-16-8/h3,5,9,12-13H,4,6H2. The monoisotopic (exact) mass is 281 g/mol. The first-order valence-corrected chi connectivity index (χ1v) is 6.82. The van der Waals surface area contributed by atoms with Gasteiger partial charge in [-0.15, -0.1) is 11.3 Å². The molecule has 0 spiro atoms. The van der Waals surface area contributed by atoms with Crippen LogP contribution < -0.4 is 4.72 Å². The fraction of sp³-hybridized carbons (Fsp3) is 0.333. The van der Waals surface area contributed by atoms with Gasteiger partial charge in [0.2, 0.25) is 0 Å². The van der Waals surface area contributed by atoms with Crippen molar-refractivity contribution in [2.45, 2.75) is 12.3 Å². The van der Waals surface area contributed by atoms with Crippen molar-refractivity contribution in [2.24, 2.45) is 0 Å². The minimum atomic E-state index is -4.59. The van der Waals surface area contributed by atoms with E-state index in [1.54, 1.807) is 16.2 Å². The maximum absolute atomic E-state index is 12.0. The van der Waals surface area contributed by atoms with Gasteiger partial charge in [0.15, 0.2) is 0 Å². The summed E-state index contributed by atoms with van der Waals surface area (Å²) in [5.41, 5.74) is 0.515. The fourth-order valence-corrected chi connectivity index (χ4v) is 2.29. The number of nitrogens with one attached hydrogen (secondary N) is 1. The van der Waals surface area contributed by atoms with E-state index in [9.17, 15) is 17.2 Å². The normalized spacial score (nSPS) is 11.3. The van der Waals surface area contributed by atoms with Crippen LogP contribution in [0.2, 0.25) is 0 Å². The van der Waals surface area contributed by atoms with Crippen molar-refractivity contribution in [2.75, 3.05) is 6.61 Å². The molecule has 0 radical (unpaired) electrons. The third-order valence-corrected chi connectivity index (χ3v) is 3.65. The molecule has 0 atom stereocenters. The Balaban J connectivity index is 2.74. The van der Waals surface area contributed by atoms with Crippen LogP contribution in [0.1, 0.15) is 10.4 Å². The molecule has 0 aliphatic rings. The van der Waals surface area contributed by atoms with E-state index in [0.717, 1.165) is 0 Å². The van der Waals surface area contributed by atoms with Crippen LogP contribution in [0.3, 0.4) is 0 Å². The zero-order valence-electron chi connectivity index (χ0n) is 8.48. The number of aliphatic hydroxyl groups is 1. The van der Waals surface area contributed by atoms with Crippen LogP contribution in [-0.4, -0.2) is 25.9 Å². The first-order valence-electron chi connectivity index (χ1n) is 4.40. The second kappa shape index (κ2) is 6.07.